The predicted molar refractivity (Wildman–Crippen MR) is 129 cm³/mol. The Labute approximate surface area is 190 Å². The number of amides is 1. The van der Waals surface area contributed by atoms with E-state index >= 15 is 0 Å². The molecular weight excluding hydrogens is 422 g/mol. The van der Waals surface area contributed by atoms with Gasteiger partial charge in [0, 0.05) is 5.69 Å². The Morgan fingerprint density at radius 2 is 1.78 bits per heavy atom. The first-order chi connectivity index (χ1) is 15.5. The maximum Gasteiger partial charge on any atom is 0.266 e. The Morgan fingerprint density at radius 3 is 2.53 bits per heavy atom. The summed E-state index contributed by atoms with van der Waals surface area (Å²) in [7, 11) is 1.57. The number of hydrogen-bond acceptors (Lipinski definition) is 5. The van der Waals surface area contributed by atoms with Crippen LogP contribution in [0.5, 0.6) is 5.75 Å². The number of ether oxygens (including phenoxy) is 1. The van der Waals surface area contributed by atoms with E-state index in [1.54, 1.807) is 26.2 Å². The van der Waals surface area contributed by atoms with Crippen LogP contribution in [0.25, 0.3) is 16.6 Å². The third-order valence-electron chi connectivity index (χ3n) is 5.01. The number of para-hydroxylation sites is 2. The SMILES string of the molecule is COc1ccc(C)cc1-n1c(S[C@H](C)C(=O)Nc2ccccc2)nc2ccccc2c1=O. The highest BCUT2D eigenvalue weighted by Gasteiger charge is 2.22. The van der Waals surface area contributed by atoms with Crippen LogP contribution in [-0.2, 0) is 4.79 Å². The lowest BCUT2D eigenvalue weighted by molar-refractivity contribution is -0.115. The van der Waals surface area contributed by atoms with Gasteiger partial charge in [0.15, 0.2) is 5.16 Å². The summed E-state index contributed by atoms with van der Waals surface area (Å²) in [4.78, 5) is 31.1. The van der Waals surface area contributed by atoms with Crippen molar-refractivity contribution in [2.45, 2.75) is 24.3 Å². The van der Waals surface area contributed by atoms with Crippen molar-refractivity contribution in [1.29, 1.82) is 0 Å². The number of aromatic nitrogens is 2. The molecule has 1 N–H and O–H groups in total. The van der Waals surface area contributed by atoms with E-state index in [-0.39, 0.29) is 11.5 Å². The summed E-state index contributed by atoms with van der Waals surface area (Å²) in [5.74, 6) is 0.379. The number of benzene rings is 3. The first-order valence-corrected chi connectivity index (χ1v) is 11.1. The molecule has 0 saturated carbocycles. The van der Waals surface area contributed by atoms with Crippen molar-refractivity contribution in [3.05, 3.63) is 88.7 Å². The molecule has 0 radical (unpaired) electrons. The molecule has 32 heavy (non-hydrogen) atoms. The topological polar surface area (TPSA) is 73.2 Å². The highest BCUT2D eigenvalue weighted by Crippen LogP contribution is 2.30. The maximum atomic E-state index is 13.5. The molecule has 0 aliphatic carbocycles. The molecule has 0 aliphatic rings. The van der Waals surface area contributed by atoms with Crippen molar-refractivity contribution in [2.75, 3.05) is 12.4 Å². The van der Waals surface area contributed by atoms with Crippen molar-refractivity contribution >= 4 is 34.3 Å². The van der Waals surface area contributed by atoms with E-state index in [4.69, 9.17) is 9.72 Å². The Bertz CT molecular complexity index is 1340. The molecule has 7 heteroatoms. The monoisotopic (exact) mass is 445 g/mol. The predicted octanol–water partition coefficient (Wildman–Crippen LogP) is 4.82. The van der Waals surface area contributed by atoms with E-state index < -0.39 is 5.25 Å². The van der Waals surface area contributed by atoms with E-state index in [9.17, 15) is 9.59 Å². The Kier molecular flexibility index (Phi) is 6.28. The van der Waals surface area contributed by atoms with Gasteiger partial charge in [0.25, 0.3) is 5.56 Å². The average molecular weight is 446 g/mol. The summed E-state index contributed by atoms with van der Waals surface area (Å²) in [5.41, 5.74) is 2.66. The molecule has 0 saturated heterocycles. The highest BCUT2D eigenvalue weighted by atomic mass is 32.2. The number of thioether (sulfide) groups is 1. The first kappa shape index (κ1) is 21.6. The van der Waals surface area contributed by atoms with E-state index in [1.165, 1.54) is 16.3 Å². The van der Waals surface area contributed by atoms with Crippen LogP contribution in [0.3, 0.4) is 0 Å². The van der Waals surface area contributed by atoms with Crippen molar-refractivity contribution < 1.29 is 9.53 Å². The Morgan fingerprint density at radius 1 is 1.06 bits per heavy atom. The van der Waals surface area contributed by atoms with Gasteiger partial charge in [-0.15, -0.1) is 0 Å². The Hall–Kier alpha value is -3.58. The van der Waals surface area contributed by atoms with Gasteiger partial charge < -0.3 is 10.1 Å². The molecule has 0 spiro atoms. The molecule has 6 nitrogen and oxygen atoms in total. The minimum Gasteiger partial charge on any atom is -0.495 e. The van der Waals surface area contributed by atoms with Crippen molar-refractivity contribution in [2.24, 2.45) is 0 Å². The fourth-order valence-electron chi connectivity index (χ4n) is 3.36. The molecule has 0 unspecified atom stereocenters. The largest absolute Gasteiger partial charge is 0.495 e. The molecule has 0 aliphatic heterocycles. The van der Waals surface area contributed by atoms with Crippen LogP contribution >= 0.6 is 11.8 Å². The highest BCUT2D eigenvalue weighted by molar-refractivity contribution is 8.00. The molecule has 3 aromatic carbocycles. The molecule has 1 aromatic heterocycles. The lowest BCUT2D eigenvalue weighted by Gasteiger charge is -2.18. The van der Waals surface area contributed by atoms with Crippen LogP contribution in [0.4, 0.5) is 5.69 Å². The fourth-order valence-corrected chi connectivity index (χ4v) is 4.28. The van der Waals surface area contributed by atoms with Crippen LogP contribution in [-0.4, -0.2) is 27.8 Å². The van der Waals surface area contributed by atoms with E-state index in [0.717, 1.165) is 5.56 Å². The third kappa shape index (κ3) is 4.38. The molecule has 1 atom stereocenters. The number of carbonyl (C=O) groups is 1. The van der Waals surface area contributed by atoms with Crippen LogP contribution in [0.1, 0.15) is 12.5 Å². The summed E-state index contributed by atoms with van der Waals surface area (Å²) in [6.07, 6.45) is 0. The molecular formula is C25H23N3O3S. The molecule has 0 fully saturated rings. The first-order valence-electron chi connectivity index (χ1n) is 10.2. The fraction of sp³-hybridized carbons (Fsp3) is 0.160. The minimum atomic E-state index is -0.495. The van der Waals surface area contributed by atoms with E-state index in [2.05, 4.69) is 5.32 Å². The molecule has 162 valence electrons. The standard InChI is InChI=1S/C25H23N3O3S/c1-16-13-14-22(31-3)21(15-16)28-24(30)19-11-7-8-12-20(19)27-25(28)32-17(2)23(29)26-18-9-5-4-6-10-18/h4-15,17H,1-3H3,(H,26,29)/t17-/m1/s1. The molecule has 4 rings (SSSR count). The van der Waals surface area contributed by atoms with E-state index in [1.807, 2.05) is 67.6 Å². The van der Waals surface area contributed by atoms with Gasteiger partial charge in [0.2, 0.25) is 5.91 Å². The normalized spacial score (nSPS) is 11.8. The quantitative estimate of drug-likeness (QED) is 0.340. The number of rotatable bonds is 6. The number of nitrogens with zero attached hydrogens (tertiary/aromatic N) is 2. The van der Waals surface area contributed by atoms with Crippen LogP contribution < -0.4 is 15.6 Å². The maximum absolute atomic E-state index is 13.5. The number of hydrogen-bond donors (Lipinski definition) is 1. The summed E-state index contributed by atoms with van der Waals surface area (Å²) in [6, 6.07) is 22.1. The van der Waals surface area contributed by atoms with Gasteiger partial charge in [-0.3, -0.25) is 14.2 Å². The molecule has 4 aromatic rings. The second kappa shape index (κ2) is 9.28. The third-order valence-corrected chi connectivity index (χ3v) is 6.07. The Balaban J connectivity index is 1.80. The summed E-state index contributed by atoms with van der Waals surface area (Å²) < 4.78 is 7.07. The number of fused-ring (bicyclic) bond motifs is 1. The van der Waals surface area contributed by atoms with Crippen molar-refractivity contribution in [3.63, 3.8) is 0 Å². The summed E-state index contributed by atoms with van der Waals surface area (Å²) >= 11 is 1.23. The van der Waals surface area contributed by atoms with Crippen LogP contribution in [0, 0.1) is 6.92 Å². The summed E-state index contributed by atoms with van der Waals surface area (Å²) in [6.45, 7) is 3.74. The zero-order valence-electron chi connectivity index (χ0n) is 18.0. The van der Waals surface area contributed by atoms with E-state index in [0.29, 0.717) is 33.2 Å². The smallest absolute Gasteiger partial charge is 0.266 e. The van der Waals surface area contributed by atoms with Crippen LogP contribution in [0.2, 0.25) is 0 Å². The molecule has 1 amide bonds. The second-order valence-corrected chi connectivity index (χ2v) is 8.65. The zero-order chi connectivity index (χ0) is 22.7. The number of carbonyl (C=O) groups excluding carboxylic acids is 1. The van der Waals surface area contributed by atoms with Gasteiger partial charge in [-0.05, 0) is 55.8 Å². The van der Waals surface area contributed by atoms with Crippen molar-refractivity contribution in [1.82, 2.24) is 9.55 Å². The van der Waals surface area contributed by atoms with Gasteiger partial charge in [-0.25, -0.2) is 4.98 Å². The lowest BCUT2D eigenvalue weighted by atomic mass is 10.2. The van der Waals surface area contributed by atoms with Crippen LogP contribution in [0.15, 0.2) is 82.7 Å². The van der Waals surface area contributed by atoms with Gasteiger partial charge in [-0.1, -0.05) is 48.2 Å². The van der Waals surface area contributed by atoms with Gasteiger partial charge in [0.05, 0.1) is 29.0 Å². The zero-order valence-corrected chi connectivity index (χ0v) is 18.8. The second-order valence-electron chi connectivity index (χ2n) is 7.34. The average Bonchev–Trinajstić information content (AvgIpc) is 2.80. The number of anilines is 1. The number of nitrogens with one attached hydrogen (secondary N) is 1. The van der Waals surface area contributed by atoms with Crippen molar-refractivity contribution in [3.8, 4) is 11.4 Å². The number of methoxy groups -OCH3 is 1. The molecule has 0 bridgehead atoms. The van der Waals surface area contributed by atoms with Gasteiger partial charge in [-0.2, -0.15) is 0 Å². The number of aryl methyl sites for hydroxylation is 1. The van der Waals surface area contributed by atoms with Gasteiger partial charge in [0.1, 0.15) is 5.75 Å². The lowest BCUT2D eigenvalue weighted by Crippen LogP contribution is -2.26. The minimum absolute atomic E-state index is 0.175. The summed E-state index contributed by atoms with van der Waals surface area (Å²) in [5, 5.41) is 3.34. The molecule has 1 heterocycles. The van der Waals surface area contributed by atoms with Gasteiger partial charge >= 0.3 is 0 Å².